The van der Waals surface area contributed by atoms with Gasteiger partial charge in [-0.05, 0) is 11.7 Å². The van der Waals surface area contributed by atoms with Gasteiger partial charge < -0.3 is 24.7 Å². The van der Waals surface area contributed by atoms with E-state index in [2.05, 4.69) is 9.97 Å². The number of nitrogens with zero attached hydrogens (tertiary/aromatic N) is 5. The molecule has 3 rings (SSSR count). The Kier molecular flexibility index (Phi) is 11.2. The van der Waals surface area contributed by atoms with Crippen LogP contribution in [0.5, 0.6) is 0 Å². The molecule has 0 atom stereocenters. The second kappa shape index (κ2) is 12.3. The van der Waals surface area contributed by atoms with Crippen molar-refractivity contribution in [2.75, 3.05) is 31.5 Å². The summed E-state index contributed by atoms with van der Waals surface area (Å²) in [6.07, 6.45) is 2.80. The van der Waals surface area contributed by atoms with Crippen molar-refractivity contribution in [3.8, 4) is 17.2 Å². The fraction of sp³-hybridized carbons (Fsp3) is 0.278. The zero-order valence-electron chi connectivity index (χ0n) is 17.1. The molecular weight excluding hydrogens is 425 g/mol. The van der Waals surface area contributed by atoms with Crippen LogP contribution in [0.2, 0.25) is 0 Å². The van der Waals surface area contributed by atoms with Crippen LogP contribution in [0.3, 0.4) is 0 Å². The first-order valence-corrected chi connectivity index (χ1v) is 10.4. The Hall–Kier alpha value is -0.760. The average molecular weight is 444 g/mol. The standard InChI is InChI=1S/C18H21N6O3P.2Na/c19-6-7-23(10-11-28(25,26)27)8-9-24-12-15(14-4-2-1-3-5-14)16-17(20)21-13-22-18(16)24;;/h1-5,12-13H,7-11H2,(H2,20,21,22)(H2,25,26,27);;/q;2*+1/p-2. The van der Waals surface area contributed by atoms with E-state index in [0.29, 0.717) is 24.6 Å². The zero-order chi connectivity index (χ0) is 20.1. The second-order valence-electron chi connectivity index (χ2n) is 6.33. The minimum absolute atomic E-state index is 0. The monoisotopic (exact) mass is 444 g/mol. The van der Waals surface area contributed by atoms with E-state index in [4.69, 9.17) is 11.0 Å². The van der Waals surface area contributed by atoms with Crippen molar-refractivity contribution in [2.45, 2.75) is 6.54 Å². The predicted molar refractivity (Wildman–Crippen MR) is 102 cm³/mol. The molecule has 1 aromatic carbocycles. The summed E-state index contributed by atoms with van der Waals surface area (Å²) in [4.78, 5) is 31.9. The summed E-state index contributed by atoms with van der Waals surface area (Å²) in [5, 5.41) is 9.70. The second-order valence-corrected chi connectivity index (χ2v) is 8.00. The molecule has 0 aliphatic carbocycles. The van der Waals surface area contributed by atoms with Gasteiger partial charge in [0.15, 0.2) is 0 Å². The average Bonchev–Trinajstić information content (AvgIpc) is 3.04. The van der Waals surface area contributed by atoms with Crippen molar-refractivity contribution in [1.82, 2.24) is 19.4 Å². The van der Waals surface area contributed by atoms with Gasteiger partial charge in [-0.15, -0.1) is 0 Å². The first kappa shape index (κ1) is 27.3. The molecule has 0 fully saturated rings. The smallest absolute Gasteiger partial charge is 0.811 e. The van der Waals surface area contributed by atoms with E-state index >= 15 is 0 Å². The first-order chi connectivity index (χ1) is 13.4. The molecule has 12 heteroatoms. The molecule has 0 saturated carbocycles. The Morgan fingerprint density at radius 1 is 1.17 bits per heavy atom. The third-order valence-electron chi connectivity index (χ3n) is 4.41. The number of nitriles is 1. The summed E-state index contributed by atoms with van der Waals surface area (Å²) in [6, 6.07) is 11.7. The molecule has 0 radical (unpaired) electrons. The normalized spacial score (nSPS) is 11.0. The zero-order valence-corrected chi connectivity index (χ0v) is 22.0. The Balaban J connectivity index is 0.00000225. The van der Waals surface area contributed by atoms with Gasteiger partial charge in [0.05, 0.1) is 18.0 Å². The van der Waals surface area contributed by atoms with Gasteiger partial charge in [0.2, 0.25) is 0 Å². The summed E-state index contributed by atoms with van der Waals surface area (Å²) in [6.45, 7) is 0.876. The summed E-state index contributed by atoms with van der Waals surface area (Å²) >= 11 is 0. The van der Waals surface area contributed by atoms with Crippen molar-refractivity contribution in [3.63, 3.8) is 0 Å². The number of benzene rings is 1. The van der Waals surface area contributed by atoms with Crippen molar-refractivity contribution < 1.29 is 73.5 Å². The number of aromatic nitrogens is 3. The van der Waals surface area contributed by atoms with E-state index in [9.17, 15) is 14.4 Å². The number of rotatable bonds is 8. The molecule has 0 spiro atoms. The number of nitrogen functional groups attached to an aromatic ring is 1. The number of hydrogen-bond acceptors (Lipinski definition) is 8. The number of hydrogen-bond donors (Lipinski definition) is 1. The van der Waals surface area contributed by atoms with E-state index in [1.807, 2.05) is 47.2 Å². The van der Waals surface area contributed by atoms with Crippen LogP contribution < -0.4 is 74.6 Å². The summed E-state index contributed by atoms with van der Waals surface area (Å²) < 4.78 is 12.8. The van der Waals surface area contributed by atoms with Crippen LogP contribution >= 0.6 is 7.60 Å². The molecule has 2 N–H and O–H groups in total. The SMILES string of the molecule is N#CCN(CCn1cc(-c2ccccc2)c2c(N)ncnc21)CCP(=O)([O-])[O-].[Na+].[Na+]. The van der Waals surface area contributed by atoms with Gasteiger partial charge in [0, 0.05) is 31.4 Å². The van der Waals surface area contributed by atoms with E-state index in [0.717, 1.165) is 16.5 Å². The van der Waals surface area contributed by atoms with E-state index in [-0.39, 0.29) is 72.2 Å². The van der Waals surface area contributed by atoms with Crippen LogP contribution in [0.1, 0.15) is 0 Å². The van der Waals surface area contributed by atoms with Crippen LogP contribution in [0.4, 0.5) is 5.82 Å². The molecule has 2 heterocycles. The molecule has 146 valence electrons. The molecule has 2 aromatic heterocycles. The number of anilines is 1. The minimum atomic E-state index is -4.62. The Morgan fingerprint density at radius 2 is 1.87 bits per heavy atom. The topological polar surface area (TPSA) is 147 Å². The maximum absolute atomic E-state index is 10.9. The van der Waals surface area contributed by atoms with Gasteiger partial charge in [-0.25, -0.2) is 9.97 Å². The van der Waals surface area contributed by atoms with Crippen LogP contribution in [-0.2, 0) is 11.1 Å². The third kappa shape index (κ3) is 7.14. The summed E-state index contributed by atoms with van der Waals surface area (Å²) in [5.41, 5.74) is 8.61. The molecule has 0 unspecified atom stereocenters. The van der Waals surface area contributed by atoms with Crippen LogP contribution in [0.25, 0.3) is 22.2 Å². The molecule has 9 nitrogen and oxygen atoms in total. The van der Waals surface area contributed by atoms with Gasteiger partial charge in [-0.1, -0.05) is 37.9 Å². The predicted octanol–water partition coefficient (Wildman–Crippen LogP) is -5.57. The fourth-order valence-electron chi connectivity index (χ4n) is 3.04. The van der Waals surface area contributed by atoms with Crippen molar-refractivity contribution >= 4 is 24.4 Å². The van der Waals surface area contributed by atoms with E-state index in [1.54, 1.807) is 4.90 Å². The van der Waals surface area contributed by atoms with Crippen molar-refractivity contribution in [2.24, 2.45) is 0 Å². The molecular formula is C18H19N6Na2O3P. The quantitative estimate of drug-likeness (QED) is 0.206. The van der Waals surface area contributed by atoms with Crippen molar-refractivity contribution in [1.29, 1.82) is 5.26 Å². The number of fused-ring (bicyclic) bond motifs is 1. The van der Waals surface area contributed by atoms with Gasteiger partial charge in [-0.3, -0.25) is 4.90 Å². The summed E-state index contributed by atoms with van der Waals surface area (Å²) in [7, 11) is -4.62. The van der Waals surface area contributed by atoms with Gasteiger partial charge in [-0.2, -0.15) is 5.26 Å². The van der Waals surface area contributed by atoms with Crippen LogP contribution in [0.15, 0.2) is 42.9 Å². The van der Waals surface area contributed by atoms with Crippen LogP contribution in [0, 0.1) is 11.3 Å². The molecule has 30 heavy (non-hydrogen) atoms. The van der Waals surface area contributed by atoms with Gasteiger partial charge in [0.25, 0.3) is 0 Å². The molecule has 0 aliphatic rings. The third-order valence-corrected chi connectivity index (χ3v) is 5.16. The minimum Gasteiger partial charge on any atom is -0.811 e. The molecule has 3 aromatic rings. The maximum atomic E-state index is 10.9. The van der Waals surface area contributed by atoms with Gasteiger partial charge in [0.1, 0.15) is 17.8 Å². The van der Waals surface area contributed by atoms with Crippen molar-refractivity contribution in [3.05, 3.63) is 42.9 Å². The number of nitrogens with two attached hydrogens (primary N) is 1. The Morgan fingerprint density at radius 3 is 2.50 bits per heavy atom. The van der Waals surface area contributed by atoms with Crippen LogP contribution in [-0.4, -0.2) is 45.2 Å². The first-order valence-electron chi connectivity index (χ1n) is 8.64. The molecule has 0 amide bonds. The maximum Gasteiger partial charge on any atom is 1.00 e. The van der Waals surface area contributed by atoms with E-state index in [1.165, 1.54) is 6.33 Å². The largest absolute Gasteiger partial charge is 1.00 e. The molecule has 0 bridgehead atoms. The molecule has 0 saturated heterocycles. The van der Waals surface area contributed by atoms with Gasteiger partial charge >= 0.3 is 59.1 Å². The summed E-state index contributed by atoms with van der Waals surface area (Å²) in [5.74, 6) is 0.370. The fourth-order valence-corrected chi connectivity index (χ4v) is 3.56. The molecule has 0 aliphatic heterocycles. The Bertz CT molecular complexity index is 1050. The Labute approximate surface area is 219 Å². The van der Waals surface area contributed by atoms with E-state index < -0.39 is 13.8 Å².